The summed E-state index contributed by atoms with van der Waals surface area (Å²) in [5.41, 5.74) is 0. The minimum atomic E-state index is 0.506. The van der Waals surface area contributed by atoms with Crippen molar-refractivity contribution in [2.75, 3.05) is 33.2 Å². The van der Waals surface area contributed by atoms with Gasteiger partial charge in [0.2, 0.25) is 0 Å². The summed E-state index contributed by atoms with van der Waals surface area (Å²) in [5.74, 6) is 0.779. The summed E-state index contributed by atoms with van der Waals surface area (Å²) in [6, 6.07) is 0. The first-order chi connectivity index (χ1) is 5.83. The number of carbonyl (C=O) groups is 1. The molecule has 0 saturated carbocycles. The number of likely N-dealkylation sites (tertiary alicyclic amines) is 1. The minimum absolute atomic E-state index is 0.506. The van der Waals surface area contributed by atoms with Crippen LogP contribution in [0.2, 0.25) is 0 Å². The topological polar surface area (TPSA) is 32.3 Å². The quantitative estimate of drug-likeness (QED) is 0.480. The van der Waals surface area contributed by atoms with Crippen LogP contribution in [0.3, 0.4) is 0 Å². The summed E-state index contributed by atoms with van der Waals surface area (Å²) < 4.78 is 0. The third-order valence-corrected chi connectivity index (χ3v) is 2.50. The van der Waals surface area contributed by atoms with Crippen LogP contribution >= 0.6 is 0 Å². The molecular weight excluding hydrogens is 152 g/mol. The van der Waals surface area contributed by atoms with Crippen molar-refractivity contribution < 1.29 is 4.79 Å². The van der Waals surface area contributed by atoms with Gasteiger partial charge in [0.1, 0.15) is 6.29 Å². The van der Waals surface area contributed by atoms with Crippen molar-refractivity contribution in [2.24, 2.45) is 5.92 Å². The molecule has 0 amide bonds. The molecule has 0 aromatic heterocycles. The fourth-order valence-electron chi connectivity index (χ4n) is 1.61. The van der Waals surface area contributed by atoms with Gasteiger partial charge in [0.15, 0.2) is 0 Å². The molecule has 0 aromatic rings. The summed E-state index contributed by atoms with van der Waals surface area (Å²) >= 11 is 0. The highest BCUT2D eigenvalue weighted by molar-refractivity contribution is 5.51. The average Bonchev–Trinajstić information content (AvgIpc) is 2.09. The van der Waals surface area contributed by atoms with E-state index in [0.29, 0.717) is 6.54 Å². The van der Waals surface area contributed by atoms with Crippen molar-refractivity contribution in [2.45, 2.75) is 12.8 Å². The van der Waals surface area contributed by atoms with Crippen molar-refractivity contribution in [3.8, 4) is 0 Å². The van der Waals surface area contributed by atoms with Gasteiger partial charge in [-0.2, -0.15) is 0 Å². The Morgan fingerprint density at radius 3 is 2.75 bits per heavy atom. The fraction of sp³-hybridized carbons (Fsp3) is 0.889. The Hall–Kier alpha value is -0.410. The van der Waals surface area contributed by atoms with Crippen LogP contribution in [-0.2, 0) is 4.79 Å². The molecule has 70 valence electrons. The van der Waals surface area contributed by atoms with Crippen LogP contribution < -0.4 is 5.32 Å². The Morgan fingerprint density at radius 2 is 2.17 bits per heavy atom. The lowest BCUT2D eigenvalue weighted by molar-refractivity contribution is -0.107. The molecule has 1 N–H and O–H groups in total. The number of nitrogens with zero attached hydrogens (tertiary/aromatic N) is 1. The normalized spacial score (nSPS) is 21.1. The van der Waals surface area contributed by atoms with Gasteiger partial charge in [0.05, 0.1) is 6.54 Å². The van der Waals surface area contributed by atoms with E-state index in [4.69, 9.17) is 0 Å². The van der Waals surface area contributed by atoms with E-state index in [1.54, 1.807) is 0 Å². The number of carbonyl (C=O) groups excluding carboxylic acids is 1. The highest BCUT2D eigenvalue weighted by Gasteiger charge is 2.15. The van der Waals surface area contributed by atoms with Crippen molar-refractivity contribution in [3.63, 3.8) is 0 Å². The monoisotopic (exact) mass is 170 g/mol. The predicted octanol–water partition coefficient (Wildman–Crippen LogP) is 0.117. The molecule has 0 spiro atoms. The van der Waals surface area contributed by atoms with E-state index < -0.39 is 0 Å². The van der Waals surface area contributed by atoms with Gasteiger partial charge in [-0.15, -0.1) is 0 Å². The lowest BCUT2D eigenvalue weighted by atomic mass is 9.97. The van der Waals surface area contributed by atoms with Gasteiger partial charge in [-0.1, -0.05) is 0 Å². The minimum Gasteiger partial charge on any atom is -0.310 e. The van der Waals surface area contributed by atoms with E-state index >= 15 is 0 Å². The lowest BCUT2D eigenvalue weighted by Crippen LogP contribution is -2.35. The van der Waals surface area contributed by atoms with E-state index in [2.05, 4.69) is 17.3 Å². The van der Waals surface area contributed by atoms with Gasteiger partial charge in [0, 0.05) is 0 Å². The van der Waals surface area contributed by atoms with Gasteiger partial charge >= 0.3 is 0 Å². The molecule has 0 atom stereocenters. The highest BCUT2D eigenvalue weighted by atomic mass is 16.1. The summed E-state index contributed by atoms with van der Waals surface area (Å²) in [4.78, 5) is 12.4. The van der Waals surface area contributed by atoms with Gasteiger partial charge in [0.25, 0.3) is 0 Å². The van der Waals surface area contributed by atoms with Crippen LogP contribution in [0.5, 0.6) is 0 Å². The van der Waals surface area contributed by atoms with E-state index in [9.17, 15) is 4.79 Å². The number of nitrogens with one attached hydrogen (secondary N) is 1. The van der Waals surface area contributed by atoms with E-state index in [-0.39, 0.29) is 0 Å². The van der Waals surface area contributed by atoms with Gasteiger partial charge in [-0.25, -0.2) is 0 Å². The second-order valence-corrected chi connectivity index (χ2v) is 3.57. The van der Waals surface area contributed by atoms with Crippen molar-refractivity contribution in [1.29, 1.82) is 0 Å². The smallest absolute Gasteiger partial charge is 0.133 e. The summed E-state index contributed by atoms with van der Waals surface area (Å²) in [6.45, 7) is 3.92. The second-order valence-electron chi connectivity index (χ2n) is 3.57. The molecule has 1 aliphatic heterocycles. The van der Waals surface area contributed by atoms with E-state index in [1.807, 2.05) is 0 Å². The summed E-state index contributed by atoms with van der Waals surface area (Å²) in [7, 11) is 2.16. The number of aldehydes is 1. The zero-order chi connectivity index (χ0) is 8.81. The first-order valence-electron chi connectivity index (χ1n) is 4.66. The molecule has 0 unspecified atom stereocenters. The van der Waals surface area contributed by atoms with Crippen LogP contribution in [0.4, 0.5) is 0 Å². The number of piperidine rings is 1. The largest absolute Gasteiger partial charge is 0.310 e. The van der Waals surface area contributed by atoms with Crippen LogP contribution in [0.25, 0.3) is 0 Å². The molecule has 3 heteroatoms. The summed E-state index contributed by atoms with van der Waals surface area (Å²) in [5, 5.41) is 3.13. The van der Waals surface area contributed by atoms with Crippen LogP contribution in [-0.4, -0.2) is 44.4 Å². The number of hydrogen-bond acceptors (Lipinski definition) is 3. The first kappa shape index (κ1) is 9.68. The maximum atomic E-state index is 10.0. The Balaban J connectivity index is 2.05. The zero-order valence-electron chi connectivity index (χ0n) is 7.75. The molecular formula is C9H18N2O. The van der Waals surface area contributed by atoms with Gasteiger partial charge < -0.3 is 15.0 Å². The molecule has 1 aliphatic rings. The molecule has 1 rings (SSSR count). The lowest BCUT2D eigenvalue weighted by Gasteiger charge is -2.28. The SMILES string of the molecule is CN1CCC(CNCC=O)CC1. The number of hydrogen-bond donors (Lipinski definition) is 1. The van der Waals surface area contributed by atoms with Crippen molar-refractivity contribution in [3.05, 3.63) is 0 Å². The standard InChI is InChI=1S/C9H18N2O/c1-11-5-2-9(3-6-11)8-10-4-7-12/h7,9-10H,2-6,8H2,1H3. The van der Waals surface area contributed by atoms with Crippen molar-refractivity contribution in [1.82, 2.24) is 10.2 Å². The third kappa shape index (κ3) is 3.32. The Morgan fingerprint density at radius 1 is 1.50 bits per heavy atom. The third-order valence-electron chi connectivity index (χ3n) is 2.50. The molecule has 0 aliphatic carbocycles. The predicted molar refractivity (Wildman–Crippen MR) is 49.2 cm³/mol. The molecule has 3 nitrogen and oxygen atoms in total. The highest BCUT2D eigenvalue weighted by Crippen LogP contribution is 2.14. The molecule has 1 heterocycles. The maximum Gasteiger partial charge on any atom is 0.133 e. The van der Waals surface area contributed by atoms with Gasteiger partial charge in [-0.05, 0) is 45.4 Å². The number of rotatable bonds is 4. The van der Waals surface area contributed by atoms with Crippen LogP contribution in [0, 0.1) is 5.92 Å². The molecule has 0 aromatic carbocycles. The van der Waals surface area contributed by atoms with E-state index in [0.717, 1.165) is 18.7 Å². The summed E-state index contributed by atoms with van der Waals surface area (Å²) in [6.07, 6.45) is 3.46. The molecule has 1 saturated heterocycles. The molecule has 12 heavy (non-hydrogen) atoms. The van der Waals surface area contributed by atoms with E-state index in [1.165, 1.54) is 25.9 Å². The van der Waals surface area contributed by atoms with Crippen LogP contribution in [0.1, 0.15) is 12.8 Å². The second kappa shape index (κ2) is 5.27. The first-order valence-corrected chi connectivity index (χ1v) is 4.66. The average molecular weight is 170 g/mol. The maximum absolute atomic E-state index is 10.0. The van der Waals surface area contributed by atoms with Crippen molar-refractivity contribution >= 4 is 6.29 Å². The zero-order valence-corrected chi connectivity index (χ0v) is 7.75. The Kier molecular flexibility index (Phi) is 4.25. The Labute approximate surface area is 74.1 Å². The van der Waals surface area contributed by atoms with Crippen LogP contribution in [0.15, 0.2) is 0 Å². The van der Waals surface area contributed by atoms with Gasteiger partial charge in [-0.3, -0.25) is 0 Å². The fourth-order valence-corrected chi connectivity index (χ4v) is 1.61. The molecule has 0 radical (unpaired) electrons. The molecule has 0 bridgehead atoms. The molecule has 1 fully saturated rings. The Bertz CT molecular complexity index is 130.